The van der Waals surface area contributed by atoms with Crippen LogP contribution in [0.2, 0.25) is 0 Å². The van der Waals surface area contributed by atoms with Crippen molar-refractivity contribution < 1.29 is 9.53 Å². The second-order valence-corrected chi connectivity index (χ2v) is 2.23. The minimum atomic E-state index is -0.138. The smallest absolute Gasteiger partial charge is 0.193 e. The lowest BCUT2D eigenvalue weighted by atomic mass is 10.3. The van der Waals surface area contributed by atoms with Gasteiger partial charge < -0.3 is 4.74 Å². The molecule has 56 valence electrons. The Hall–Kier alpha value is -1.05. The van der Waals surface area contributed by atoms with Crippen LogP contribution in [0.1, 0.15) is 13.8 Å². The molecular formula is C8H12O2. The fourth-order valence-electron chi connectivity index (χ4n) is 0.312. The van der Waals surface area contributed by atoms with Crippen LogP contribution in [0.3, 0.4) is 0 Å². The van der Waals surface area contributed by atoms with Crippen molar-refractivity contribution in [2.24, 2.45) is 0 Å². The van der Waals surface area contributed by atoms with Crippen molar-refractivity contribution in [3.05, 3.63) is 24.5 Å². The molecular weight excluding hydrogens is 128 g/mol. The van der Waals surface area contributed by atoms with E-state index in [0.29, 0.717) is 6.61 Å². The fourth-order valence-corrected chi connectivity index (χ4v) is 0.312. The molecule has 0 spiro atoms. The maximum absolute atomic E-state index is 10.5. The molecule has 2 heteroatoms. The van der Waals surface area contributed by atoms with Crippen LogP contribution in [-0.2, 0) is 9.53 Å². The Balaban J connectivity index is 3.60. The number of ether oxygens (including phenoxy) is 1. The van der Waals surface area contributed by atoms with Crippen LogP contribution in [0.4, 0.5) is 0 Å². The first-order chi connectivity index (χ1) is 4.54. The third-order valence-electron chi connectivity index (χ3n) is 0.885. The molecule has 0 unspecified atom stereocenters. The van der Waals surface area contributed by atoms with Gasteiger partial charge in [-0.15, -0.1) is 0 Å². The molecule has 0 bridgehead atoms. The molecule has 0 saturated heterocycles. The van der Waals surface area contributed by atoms with E-state index >= 15 is 0 Å². The number of carbonyl (C=O) groups excluding carboxylic acids is 1. The number of ketones is 1. The minimum absolute atomic E-state index is 0.138. The van der Waals surface area contributed by atoms with Gasteiger partial charge in [-0.1, -0.05) is 13.2 Å². The Bertz CT molecular complexity index is 168. The topological polar surface area (TPSA) is 26.3 Å². The summed E-state index contributed by atoms with van der Waals surface area (Å²) in [6, 6.07) is 0. The van der Waals surface area contributed by atoms with Crippen molar-refractivity contribution in [1.29, 1.82) is 0 Å². The second-order valence-electron chi connectivity index (χ2n) is 2.23. The van der Waals surface area contributed by atoms with Crippen LogP contribution in [0.5, 0.6) is 0 Å². The van der Waals surface area contributed by atoms with Crippen molar-refractivity contribution >= 4 is 5.78 Å². The first-order valence-electron chi connectivity index (χ1n) is 3.01. The van der Waals surface area contributed by atoms with Gasteiger partial charge in [0.25, 0.3) is 0 Å². The summed E-state index contributed by atoms with van der Waals surface area (Å²) in [6.45, 7) is 10.6. The molecule has 0 aliphatic carbocycles. The van der Waals surface area contributed by atoms with Crippen molar-refractivity contribution in [2.75, 3.05) is 6.61 Å². The zero-order chi connectivity index (χ0) is 8.15. The molecule has 0 fully saturated rings. The van der Waals surface area contributed by atoms with Crippen LogP contribution in [-0.4, -0.2) is 12.4 Å². The maximum atomic E-state index is 10.5. The van der Waals surface area contributed by atoms with Gasteiger partial charge in [0, 0.05) is 6.92 Å². The molecule has 0 aliphatic rings. The number of Topliss-reactive ketones (excluding diaryl/α,β-unsaturated/α-hetero) is 1. The SMILES string of the molecule is C=C(C)COC(=C)C(C)=O. The molecule has 10 heavy (non-hydrogen) atoms. The zero-order valence-electron chi connectivity index (χ0n) is 6.44. The lowest BCUT2D eigenvalue weighted by Crippen LogP contribution is -2.01. The van der Waals surface area contributed by atoms with E-state index in [9.17, 15) is 4.79 Å². The summed E-state index contributed by atoms with van der Waals surface area (Å²) < 4.78 is 4.92. The van der Waals surface area contributed by atoms with Crippen LogP contribution in [0.25, 0.3) is 0 Å². The molecule has 0 heterocycles. The first kappa shape index (κ1) is 8.95. The van der Waals surface area contributed by atoms with Crippen molar-refractivity contribution in [1.82, 2.24) is 0 Å². The maximum Gasteiger partial charge on any atom is 0.193 e. The van der Waals surface area contributed by atoms with E-state index in [2.05, 4.69) is 13.2 Å². The van der Waals surface area contributed by atoms with E-state index in [1.54, 1.807) is 0 Å². The number of rotatable bonds is 4. The second kappa shape index (κ2) is 3.88. The highest BCUT2D eigenvalue weighted by atomic mass is 16.5. The van der Waals surface area contributed by atoms with Crippen molar-refractivity contribution in [2.45, 2.75) is 13.8 Å². The van der Waals surface area contributed by atoms with E-state index in [1.807, 2.05) is 6.92 Å². The average molecular weight is 140 g/mol. The summed E-state index contributed by atoms with van der Waals surface area (Å²) in [4.78, 5) is 10.5. The molecule has 0 radical (unpaired) electrons. The molecule has 0 aromatic rings. The highest BCUT2D eigenvalue weighted by Crippen LogP contribution is 1.97. The lowest BCUT2D eigenvalue weighted by molar-refractivity contribution is -0.116. The van der Waals surface area contributed by atoms with Crippen molar-refractivity contribution in [3.63, 3.8) is 0 Å². The Kier molecular flexibility index (Phi) is 3.47. The van der Waals surface area contributed by atoms with E-state index in [0.717, 1.165) is 5.57 Å². The molecule has 0 rings (SSSR count). The number of allylic oxidation sites excluding steroid dienone is 1. The Labute approximate surface area is 61.2 Å². The van der Waals surface area contributed by atoms with Gasteiger partial charge in [0.1, 0.15) is 6.61 Å². The number of hydrogen-bond donors (Lipinski definition) is 0. The van der Waals surface area contributed by atoms with Gasteiger partial charge >= 0.3 is 0 Å². The summed E-state index contributed by atoms with van der Waals surface area (Å²) in [5.41, 5.74) is 0.877. The van der Waals surface area contributed by atoms with E-state index in [1.165, 1.54) is 6.92 Å². The monoisotopic (exact) mass is 140 g/mol. The molecule has 0 aromatic carbocycles. The van der Waals surface area contributed by atoms with Crippen LogP contribution in [0, 0.1) is 0 Å². The van der Waals surface area contributed by atoms with E-state index in [-0.39, 0.29) is 11.5 Å². The van der Waals surface area contributed by atoms with Gasteiger partial charge in [0.2, 0.25) is 0 Å². The average Bonchev–Trinajstić information content (AvgIpc) is 1.82. The van der Waals surface area contributed by atoms with Crippen LogP contribution >= 0.6 is 0 Å². The summed E-state index contributed by atoms with van der Waals surface area (Å²) in [6.07, 6.45) is 0. The molecule has 0 atom stereocenters. The summed E-state index contributed by atoms with van der Waals surface area (Å²) >= 11 is 0. The summed E-state index contributed by atoms with van der Waals surface area (Å²) in [5.74, 6) is 0.0595. The first-order valence-corrected chi connectivity index (χ1v) is 3.01. The molecule has 0 N–H and O–H groups in total. The molecule has 2 nitrogen and oxygen atoms in total. The minimum Gasteiger partial charge on any atom is -0.486 e. The van der Waals surface area contributed by atoms with Crippen molar-refractivity contribution in [3.8, 4) is 0 Å². The quantitative estimate of drug-likeness (QED) is 0.337. The largest absolute Gasteiger partial charge is 0.486 e. The van der Waals surface area contributed by atoms with Gasteiger partial charge in [-0.3, -0.25) is 4.79 Å². The number of carbonyl (C=O) groups is 1. The Morgan fingerprint density at radius 1 is 1.40 bits per heavy atom. The number of hydrogen-bond acceptors (Lipinski definition) is 2. The highest BCUT2D eigenvalue weighted by Gasteiger charge is 1.99. The van der Waals surface area contributed by atoms with Gasteiger partial charge in [-0.25, -0.2) is 0 Å². The van der Waals surface area contributed by atoms with Gasteiger partial charge in [-0.05, 0) is 12.5 Å². The Morgan fingerprint density at radius 3 is 2.20 bits per heavy atom. The zero-order valence-corrected chi connectivity index (χ0v) is 6.44. The Morgan fingerprint density at radius 2 is 1.90 bits per heavy atom. The standard InChI is InChI=1S/C8H12O2/c1-6(2)5-10-8(4)7(3)9/h1,4-5H2,2-3H3. The predicted molar refractivity (Wildman–Crippen MR) is 40.6 cm³/mol. The normalized spacial score (nSPS) is 8.60. The fraction of sp³-hybridized carbons (Fsp3) is 0.375. The van der Waals surface area contributed by atoms with E-state index < -0.39 is 0 Å². The molecule has 0 aliphatic heterocycles. The molecule has 0 saturated carbocycles. The lowest BCUT2D eigenvalue weighted by Gasteiger charge is -2.03. The highest BCUT2D eigenvalue weighted by molar-refractivity contribution is 5.90. The third kappa shape index (κ3) is 3.89. The third-order valence-corrected chi connectivity index (χ3v) is 0.885. The molecule has 0 amide bonds. The predicted octanol–water partition coefficient (Wildman–Crippen LogP) is 1.68. The molecule has 0 aromatic heterocycles. The summed E-state index contributed by atoms with van der Waals surface area (Å²) in [7, 11) is 0. The van der Waals surface area contributed by atoms with Gasteiger partial charge in [0.15, 0.2) is 11.5 Å². The van der Waals surface area contributed by atoms with Crippen LogP contribution in [0.15, 0.2) is 24.5 Å². The van der Waals surface area contributed by atoms with Gasteiger partial charge in [-0.2, -0.15) is 0 Å². The van der Waals surface area contributed by atoms with E-state index in [4.69, 9.17) is 4.74 Å². The summed E-state index contributed by atoms with van der Waals surface area (Å²) in [5, 5.41) is 0. The van der Waals surface area contributed by atoms with Gasteiger partial charge in [0.05, 0.1) is 0 Å². The van der Waals surface area contributed by atoms with Crippen LogP contribution < -0.4 is 0 Å².